The quantitative estimate of drug-likeness (QED) is 0.177. The third kappa shape index (κ3) is 8.97. The number of nitrogens with zero attached hydrogens (tertiary/aromatic N) is 3. The van der Waals surface area contributed by atoms with Crippen molar-refractivity contribution in [2.75, 3.05) is 26.2 Å². The highest BCUT2D eigenvalue weighted by Crippen LogP contribution is 2.15. The molecule has 3 rings (SSSR count). The Hall–Kier alpha value is -3.20. The predicted octanol–water partition coefficient (Wildman–Crippen LogP) is 5.16. The van der Waals surface area contributed by atoms with Gasteiger partial charge in [-0.1, -0.05) is 32.1 Å². The van der Waals surface area contributed by atoms with Gasteiger partial charge in [-0.15, -0.1) is 0 Å². The van der Waals surface area contributed by atoms with Gasteiger partial charge in [0.2, 0.25) is 0 Å². The summed E-state index contributed by atoms with van der Waals surface area (Å²) in [4.78, 5) is 24.7. The summed E-state index contributed by atoms with van der Waals surface area (Å²) in [6, 6.07) is 9.47. The zero-order chi connectivity index (χ0) is 24.0. The maximum absolute atomic E-state index is 12.1. The minimum atomic E-state index is -0.641. The summed E-state index contributed by atoms with van der Waals surface area (Å²) in [6.07, 6.45) is 12.7. The molecule has 9 heteroatoms. The van der Waals surface area contributed by atoms with Gasteiger partial charge in [0.15, 0.2) is 5.76 Å². The molecule has 184 valence electrons. The molecule has 1 fully saturated rings. The summed E-state index contributed by atoms with van der Waals surface area (Å²) >= 11 is 0. The van der Waals surface area contributed by atoms with Crippen molar-refractivity contribution in [2.45, 2.75) is 57.8 Å². The lowest BCUT2D eigenvalue weighted by Crippen LogP contribution is -2.30. The monoisotopic (exact) mass is 470 g/mol. The van der Waals surface area contributed by atoms with Crippen LogP contribution < -0.4 is 10.2 Å². The van der Waals surface area contributed by atoms with E-state index in [1.54, 1.807) is 24.3 Å². The van der Waals surface area contributed by atoms with E-state index < -0.39 is 10.8 Å². The van der Waals surface area contributed by atoms with Crippen LogP contribution in [0.15, 0.2) is 45.9 Å². The number of carbonyl (C=O) groups is 1. The summed E-state index contributed by atoms with van der Waals surface area (Å²) in [5.74, 6) is 0.119. The first kappa shape index (κ1) is 25.4. The first-order valence-corrected chi connectivity index (χ1v) is 12.1. The average Bonchev–Trinajstić information content (AvgIpc) is 3.33. The number of unbranched alkanes of at least 4 members (excludes halogenated alkanes) is 5. The Labute approximate surface area is 200 Å². The van der Waals surface area contributed by atoms with Gasteiger partial charge >= 0.3 is 5.88 Å². The highest BCUT2D eigenvalue weighted by Gasteiger charge is 2.11. The Balaban J connectivity index is 1.24. The fourth-order valence-corrected chi connectivity index (χ4v) is 3.95. The third-order valence-electron chi connectivity index (χ3n) is 5.85. The predicted molar refractivity (Wildman–Crippen MR) is 130 cm³/mol. The lowest BCUT2D eigenvalue weighted by Gasteiger charge is -2.26. The van der Waals surface area contributed by atoms with E-state index in [9.17, 15) is 14.9 Å². The second-order valence-corrected chi connectivity index (χ2v) is 8.53. The molecule has 1 aliphatic heterocycles. The normalized spacial score (nSPS) is 14.4. The van der Waals surface area contributed by atoms with E-state index >= 15 is 0 Å². The molecule has 0 unspecified atom stereocenters. The van der Waals surface area contributed by atoms with Crippen LogP contribution in [0.2, 0.25) is 0 Å². The number of nitro groups is 1. The largest absolute Gasteiger partial charge is 0.494 e. The number of amides is 1. The van der Waals surface area contributed by atoms with Crippen molar-refractivity contribution in [3.63, 3.8) is 0 Å². The van der Waals surface area contributed by atoms with Gasteiger partial charge in [0, 0.05) is 5.56 Å². The molecule has 34 heavy (non-hydrogen) atoms. The Morgan fingerprint density at radius 3 is 2.44 bits per heavy atom. The molecule has 1 N–H and O–H groups in total. The highest BCUT2D eigenvalue weighted by molar-refractivity contribution is 5.94. The van der Waals surface area contributed by atoms with Crippen LogP contribution in [0.25, 0.3) is 0 Å². The molecule has 1 aromatic heterocycles. The third-order valence-corrected chi connectivity index (χ3v) is 5.85. The number of rotatable bonds is 14. The number of hydrogen-bond acceptors (Lipinski definition) is 7. The summed E-state index contributed by atoms with van der Waals surface area (Å²) in [5.41, 5.74) is 2.79. The number of carbonyl (C=O) groups excluding carboxylic acids is 1. The highest BCUT2D eigenvalue weighted by atomic mass is 16.6. The van der Waals surface area contributed by atoms with E-state index in [1.807, 2.05) is 0 Å². The molecule has 9 nitrogen and oxygen atoms in total. The molecule has 2 heterocycles. The fourth-order valence-electron chi connectivity index (χ4n) is 3.95. The standard InChI is InChI=1S/C25H34N4O5/c30-25(27-26-20-23-14-15-24(34-23)29(31)32)21-10-12-22(13-11-21)33-19-9-4-2-1-3-6-16-28-17-7-5-8-18-28/h10-15,20H,1-9,16-19H2,(H,27,30)/b26-20+. The van der Waals surface area contributed by atoms with Crippen LogP contribution in [-0.4, -0.2) is 48.2 Å². The molecule has 1 aromatic carbocycles. The van der Waals surface area contributed by atoms with Crippen molar-refractivity contribution >= 4 is 18.0 Å². The van der Waals surface area contributed by atoms with Crippen LogP contribution in [0.1, 0.15) is 73.9 Å². The maximum Gasteiger partial charge on any atom is 0.433 e. The zero-order valence-corrected chi connectivity index (χ0v) is 19.6. The molecule has 0 aliphatic carbocycles. The number of furan rings is 1. The Morgan fingerprint density at radius 2 is 1.74 bits per heavy atom. The van der Waals surface area contributed by atoms with Gasteiger partial charge in [0.1, 0.15) is 10.7 Å². The molecule has 2 aromatic rings. The molecule has 0 atom stereocenters. The molecular weight excluding hydrogens is 436 g/mol. The molecular formula is C25H34N4O5. The van der Waals surface area contributed by atoms with Gasteiger partial charge in [0.05, 0.1) is 18.9 Å². The Kier molecular flexibility index (Phi) is 10.6. The summed E-state index contributed by atoms with van der Waals surface area (Å²) in [5, 5.41) is 14.3. The maximum atomic E-state index is 12.1. The zero-order valence-electron chi connectivity index (χ0n) is 19.6. The molecule has 1 amide bonds. The second kappa shape index (κ2) is 14.1. The van der Waals surface area contributed by atoms with E-state index in [4.69, 9.17) is 9.15 Å². The lowest BCUT2D eigenvalue weighted by atomic mass is 10.1. The number of ether oxygens (including phenoxy) is 1. The van der Waals surface area contributed by atoms with Crippen molar-refractivity contribution in [1.29, 1.82) is 0 Å². The number of benzene rings is 1. The molecule has 1 saturated heterocycles. The van der Waals surface area contributed by atoms with Crippen molar-refractivity contribution in [3.05, 3.63) is 57.8 Å². The molecule has 0 spiro atoms. The van der Waals surface area contributed by atoms with E-state index in [2.05, 4.69) is 15.4 Å². The molecule has 0 saturated carbocycles. The van der Waals surface area contributed by atoms with Crippen LogP contribution in [-0.2, 0) is 0 Å². The number of likely N-dealkylation sites (tertiary alicyclic amines) is 1. The second-order valence-electron chi connectivity index (χ2n) is 8.53. The van der Waals surface area contributed by atoms with Gasteiger partial charge in [-0.3, -0.25) is 14.9 Å². The molecule has 0 radical (unpaired) electrons. The van der Waals surface area contributed by atoms with E-state index in [-0.39, 0.29) is 11.6 Å². The van der Waals surface area contributed by atoms with Crippen LogP contribution in [0.3, 0.4) is 0 Å². The van der Waals surface area contributed by atoms with E-state index in [0.717, 1.165) is 12.2 Å². The minimum absolute atomic E-state index is 0.174. The van der Waals surface area contributed by atoms with Gasteiger partial charge in [-0.25, -0.2) is 5.43 Å². The smallest absolute Gasteiger partial charge is 0.433 e. The fraction of sp³-hybridized carbons (Fsp3) is 0.520. The van der Waals surface area contributed by atoms with E-state index in [1.165, 1.54) is 89.3 Å². The minimum Gasteiger partial charge on any atom is -0.494 e. The van der Waals surface area contributed by atoms with Crippen LogP contribution in [0, 0.1) is 10.1 Å². The Bertz CT molecular complexity index is 920. The van der Waals surface area contributed by atoms with Crippen molar-refractivity contribution in [1.82, 2.24) is 10.3 Å². The van der Waals surface area contributed by atoms with Crippen molar-refractivity contribution in [2.24, 2.45) is 5.10 Å². The van der Waals surface area contributed by atoms with Crippen molar-refractivity contribution < 1.29 is 18.9 Å². The topological polar surface area (TPSA) is 110 Å². The van der Waals surface area contributed by atoms with Gasteiger partial charge < -0.3 is 14.1 Å². The van der Waals surface area contributed by atoms with Crippen molar-refractivity contribution in [3.8, 4) is 5.75 Å². The lowest BCUT2D eigenvalue weighted by molar-refractivity contribution is -0.402. The number of nitrogens with one attached hydrogen (secondary N) is 1. The SMILES string of the molecule is O=C(N/N=C/c1ccc([N+](=O)[O-])o1)c1ccc(OCCCCCCCCN2CCCCC2)cc1. The van der Waals surface area contributed by atoms with Crippen LogP contribution in [0.5, 0.6) is 5.75 Å². The molecule has 1 aliphatic rings. The number of piperidine rings is 1. The van der Waals surface area contributed by atoms with Crippen LogP contribution in [0.4, 0.5) is 5.88 Å². The Morgan fingerprint density at radius 1 is 1.03 bits per heavy atom. The van der Waals surface area contributed by atoms with Gasteiger partial charge in [-0.2, -0.15) is 5.10 Å². The summed E-state index contributed by atoms with van der Waals surface area (Å²) in [6.45, 7) is 4.51. The first-order chi connectivity index (χ1) is 16.6. The van der Waals surface area contributed by atoms with Gasteiger partial charge in [-0.05, 0) is 75.6 Å². The average molecular weight is 471 g/mol. The summed E-state index contributed by atoms with van der Waals surface area (Å²) in [7, 11) is 0. The summed E-state index contributed by atoms with van der Waals surface area (Å²) < 4.78 is 10.7. The number of hydrazone groups is 1. The number of hydrogen-bond donors (Lipinski definition) is 1. The van der Waals surface area contributed by atoms with E-state index in [0.29, 0.717) is 12.2 Å². The molecule has 0 bridgehead atoms. The van der Waals surface area contributed by atoms with Gasteiger partial charge in [0.25, 0.3) is 5.91 Å². The first-order valence-electron chi connectivity index (χ1n) is 12.1. The van der Waals surface area contributed by atoms with Crippen LogP contribution >= 0.6 is 0 Å².